The summed E-state index contributed by atoms with van der Waals surface area (Å²) in [6.45, 7) is 1.92. The summed E-state index contributed by atoms with van der Waals surface area (Å²) in [5, 5.41) is 2.87. The first-order valence-corrected chi connectivity index (χ1v) is 8.24. The smallest absolute Gasteiger partial charge is 0.251 e. The highest BCUT2D eigenvalue weighted by molar-refractivity contribution is 7.13. The van der Waals surface area contributed by atoms with Crippen LogP contribution in [0.15, 0.2) is 11.6 Å². The van der Waals surface area contributed by atoms with E-state index in [2.05, 4.69) is 9.88 Å². The van der Waals surface area contributed by atoms with Gasteiger partial charge in [0.25, 0.3) is 5.92 Å². The minimum Gasteiger partial charge on any atom is -0.347 e. The molecule has 0 radical (unpaired) electrons. The predicted molar refractivity (Wildman–Crippen MR) is 77.8 cm³/mol. The number of halogens is 2. The summed E-state index contributed by atoms with van der Waals surface area (Å²) in [6, 6.07) is 0. The van der Waals surface area contributed by atoms with Gasteiger partial charge in [0.1, 0.15) is 0 Å². The van der Waals surface area contributed by atoms with Crippen molar-refractivity contribution in [2.75, 3.05) is 31.1 Å². The molecule has 0 N–H and O–H groups in total. The molecule has 2 fully saturated rings. The molecule has 1 aromatic heterocycles. The molecule has 2 aliphatic rings. The summed E-state index contributed by atoms with van der Waals surface area (Å²) in [5.41, 5.74) is 0. The van der Waals surface area contributed by atoms with Crippen LogP contribution in [0.2, 0.25) is 0 Å². The number of thiazole rings is 1. The molecule has 0 aliphatic carbocycles. The van der Waals surface area contributed by atoms with Crippen molar-refractivity contribution in [3.05, 3.63) is 11.6 Å². The Morgan fingerprint density at radius 3 is 2.76 bits per heavy atom. The number of piperidine rings is 2. The van der Waals surface area contributed by atoms with E-state index in [-0.39, 0.29) is 37.8 Å². The molecule has 7 heteroatoms. The van der Waals surface area contributed by atoms with E-state index in [0.29, 0.717) is 6.54 Å². The fourth-order valence-electron chi connectivity index (χ4n) is 3.04. The number of amides is 1. The minimum absolute atomic E-state index is 0.0340. The zero-order chi connectivity index (χ0) is 14.9. The molecule has 4 nitrogen and oxygen atoms in total. The molecule has 0 saturated carbocycles. The van der Waals surface area contributed by atoms with Crippen molar-refractivity contribution in [1.82, 2.24) is 9.88 Å². The van der Waals surface area contributed by atoms with Crippen molar-refractivity contribution >= 4 is 22.4 Å². The van der Waals surface area contributed by atoms with Crippen LogP contribution in [0, 0.1) is 5.92 Å². The van der Waals surface area contributed by atoms with Crippen LogP contribution in [0.3, 0.4) is 0 Å². The average Bonchev–Trinajstić information content (AvgIpc) is 3.01. The summed E-state index contributed by atoms with van der Waals surface area (Å²) >= 11 is 1.57. The van der Waals surface area contributed by atoms with Crippen molar-refractivity contribution < 1.29 is 13.6 Å². The number of alkyl halides is 2. The predicted octanol–water partition coefficient (Wildman–Crippen LogP) is 2.62. The maximum absolute atomic E-state index is 13.2. The number of nitrogens with zero attached hydrogens (tertiary/aromatic N) is 3. The van der Waals surface area contributed by atoms with Gasteiger partial charge in [-0.2, -0.15) is 0 Å². The van der Waals surface area contributed by atoms with Crippen LogP contribution >= 0.6 is 11.3 Å². The topological polar surface area (TPSA) is 36.4 Å². The van der Waals surface area contributed by atoms with Gasteiger partial charge >= 0.3 is 0 Å². The molecule has 1 amide bonds. The zero-order valence-electron chi connectivity index (χ0n) is 11.8. The quantitative estimate of drug-likeness (QED) is 0.842. The second-order valence-corrected chi connectivity index (χ2v) is 6.65. The third-order valence-corrected chi connectivity index (χ3v) is 5.10. The molecule has 2 saturated heterocycles. The van der Waals surface area contributed by atoms with Gasteiger partial charge in [-0.25, -0.2) is 13.8 Å². The number of carbonyl (C=O) groups is 1. The van der Waals surface area contributed by atoms with Gasteiger partial charge in [0.05, 0.1) is 5.92 Å². The van der Waals surface area contributed by atoms with E-state index in [1.54, 1.807) is 22.4 Å². The molecule has 116 valence electrons. The molecule has 2 aliphatic heterocycles. The van der Waals surface area contributed by atoms with Crippen LogP contribution in [0.5, 0.6) is 0 Å². The molecular weight excluding hydrogens is 296 g/mol. The normalized spacial score (nSPS) is 25.9. The first-order chi connectivity index (χ1) is 10.1. The van der Waals surface area contributed by atoms with Crippen LogP contribution in [0.25, 0.3) is 0 Å². The summed E-state index contributed by atoms with van der Waals surface area (Å²) in [6.07, 6.45) is 3.13. The van der Waals surface area contributed by atoms with Crippen LogP contribution in [-0.2, 0) is 4.79 Å². The van der Waals surface area contributed by atoms with E-state index in [4.69, 9.17) is 0 Å². The highest BCUT2D eigenvalue weighted by Gasteiger charge is 2.38. The third kappa shape index (κ3) is 3.33. The van der Waals surface area contributed by atoms with Gasteiger partial charge in [0, 0.05) is 50.6 Å². The molecule has 3 heterocycles. The van der Waals surface area contributed by atoms with Gasteiger partial charge in [-0.05, 0) is 12.8 Å². The van der Waals surface area contributed by atoms with Crippen LogP contribution in [-0.4, -0.2) is 47.9 Å². The lowest BCUT2D eigenvalue weighted by Crippen LogP contribution is -2.49. The first kappa shape index (κ1) is 14.7. The monoisotopic (exact) mass is 315 g/mol. The number of hydrogen-bond donors (Lipinski definition) is 0. The van der Waals surface area contributed by atoms with Gasteiger partial charge < -0.3 is 9.80 Å². The van der Waals surface area contributed by atoms with Crippen molar-refractivity contribution in [2.45, 2.75) is 31.6 Å². The molecule has 1 unspecified atom stereocenters. The fourth-order valence-corrected chi connectivity index (χ4v) is 3.72. The molecule has 1 atom stereocenters. The van der Waals surface area contributed by atoms with Crippen LogP contribution < -0.4 is 4.90 Å². The Labute approximate surface area is 126 Å². The average molecular weight is 315 g/mol. The van der Waals surface area contributed by atoms with Crippen molar-refractivity contribution in [3.8, 4) is 0 Å². The Kier molecular flexibility index (Phi) is 4.10. The number of carbonyl (C=O) groups excluding carboxylic acids is 1. The largest absolute Gasteiger partial charge is 0.347 e. The van der Waals surface area contributed by atoms with E-state index in [9.17, 15) is 13.6 Å². The van der Waals surface area contributed by atoms with Gasteiger partial charge in [-0.3, -0.25) is 4.79 Å². The lowest BCUT2D eigenvalue weighted by molar-refractivity contribution is -0.141. The molecule has 0 aromatic carbocycles. The van der Waals surface area contributed by atoms with Crippen molar-refractivity contribution in [1.29, 1.82) is 0 Å². The lowest BCUT2D eigenvalue weighted by Gasteiger charge is -2.37. The SMILES string of the molecule is O=C(C1CCCN(c2nccs2)C1)N1CCC(F)(F)CC1. The van der Waals surface area contributed by atoms with Crippen LogP contribution in [0.1, 0.15) is 25.7 Å². The summed E-state index contributed by atoms with van der Waals surface area (Å²) in [7, 11) is 0. The van der Waals surface area contributed by atoms with Crippen LogP contribution in [0.4, 0.5) is 13.9 Å². The summed E-state index contributed by atoms with van der Waals surface area (Å²) < 4.78 is 26.4. The Morgan fingerprint density at radius 1 is 1.33 bits per heavy atom. The van der Waals surface area contributed by atoms with E-state index >= 15 is 0 Å². The van der Waals surface area contributed by atoms with E-state index in [1.165, 1.54) is 0 Å². The molecule has 1 aromatic rings. The lowest BCUT2D eigenvalue weighted by atomic mass is 9.95. The molecular formula is C14H19F2N3OS. The Bertz CT molecular complexity index is 484. The standard InChI is InChI=1S/C14H19F2N3OS/c15-14(16)3-7-18(8-4-14)12(20)11-2-1-6-19(10-11)13-17-5-9-21-13/h5,9,11H,1-4,6-8,10H2. The number of aromatic nitrogens is 1. The first-order valence-electron chi connectivity index (χ1n) is 7.36. The number of rotatable bonds is 2. The maximum atomic E-state index is 13.2. The third-order valence-electron chi connectivity index (χ3n) is 4.27. The van der Waals surface area contributed by atoms with Gasteiger partial charge in [-0.15, -0.1) is 11.3 Å². The second-order valence-electron chi connectivity index (χ2n) is 5.78. The Hall–Kier alpha value is -1.24. The highest BCUT2D eigenvalue weighted by Crippen LogP contribution is 2.30. The second kappa shape index (κ2) is 5.87. The molecule has 3 rings (SSSR count). The van der Waals surface area contributed by atoms with Crippen molar-refractivity contribution in [3.63, 3.8) is 0 Å². The van der Waals surface area contributed by atoms with E-state index in [1.807, 2.05) is 5.38 Å². The van der Waals surface area contributed by atoms with Gasteiger partial charge in [0.15, 0.2) is 5.13 Å². The number of likely N-dealkylation sites (tertiary alicyclic amines) is 1. The minimum atomic E-state index is -2.60. The Morgan fingerprint density at radius 2 is 2.10 bits per heavy atom. The number of anilines is 1. The maximum Gasteiger partial charge on any atom is 0.251 e. The molecule has 21 heavy (non-hydrogen) atoms. The van der Waals surface area contributed by atoms with E-state index in [0.717, 1.165) is 24.5 Å². The summed E-state index contributed by atoms with van der Waals surface area (Å²) in [4.78, 5) is 20.6. The van der Waals surface area contributed by atoms with Gasteiger partial charge in [0.2, 0.25) is 5.91 Å². The van der Waals surface area contributed by atoms with Gasteiger partial charge in [-0.1, -0.05) is 0 Å². The highest BCUT2D eigenvalue weighted by atomic mass is 32.1. The Balaban J connectivity index is 1.60. The molecule has 0 spiro atoms. The van der Waals surface area contributed by atoms with E-state index < -0.39 is 5.92 Å². The molecule has 0 bridgehead atoms. The summed E-state index contributed by atoms with van der Waals surface area (Å²) in [5.74, 6) is -2.66. The zero-order valence-corrected chi connectivity index (χ0v) is 12.6. The fraction of sp³-hybridized carbons (Fsp3) is 0.714. The van der Waals surface area contributed by atoms with Crippen molar-refractivity contribution in [2.24, 2.45) is 5.92 Å². The number of hydrogen-bond acceptors (Lipinski definition) is 4.